The molecule has 174 valence electrons. The highest BCUT2D eigenvalue weighted by Crippen LogP contribution is 2.34. The summed E-state index contributed by atoms with van der Waals surface area (Å²) in [6.45, 7) is 2.43. The van der Waals surface area contributed by atoms with Crippen LogP contribution in [0.3, 0.4) is 0 Å². The Hall–Kier alpha value is -1.92. The Labute approximate surface area is 186 Å². The van der Waals surface area contributed by atoms with Gasteiger partial charge >= 0.3 is 10.2 Å². The van der Waals surface area contributed by atoms with E-state index in [2.05, 4.69) is 10.00 Å². The molecule has 8 nitrogen and oxygen atoms in total. The molecule has 3 aliphatic heterocycles. The van der Waals surface area contributed by atoms with Crippen molar-refractivity contribution >= 4 is 10.2 Å². The van der Waals surface area contributed by atoms with Crippen molar-refractivity contribution in [2.75, 3.05) is 19.7 Å². The first kappa shape index (κ1) is 21.9. The molecule has 3 aliphatic rings. The zero-order chi connectivity index (χ0) is 22.5. The van der Waals surface area contributed by atoms with Gasteiger partial charge in [-0.05, 0) is 37.5 Å². The van der Waals surface area contributed by atoms with Gasteiger partial charge in [-0.25, -0.2) is 8.78 Å². The number of aromatic nitrogens is 2. The summed E-state index contributed by atoms with van der Waals surface area (Å²) in [6, 6.07) is 2.79. The minimum Gasteiger partial charge on any atom is -0.370 e. The highest BCUT2D eigenvalue weighted by atomic mass is 32.2. The molecule has 2 aromatic rings. The van der Waals surface area contributed by atoms with Crippen LogP contribution in [0, 0.1) is 11.6 Å². The third-order valence-corrected chi connectivity index (χ3v) is 8.32. The van der Waals surface area contributed by atoms with Gasteiger partial charge in [-0.2, -0.15) is 21.9 Å². The third-order valence-electron chi connectivity index (χ3n) is 6.64. The van der Waals surface area contributed by atoms with E-state index in [1.54, 1.807) is 6.20 Å². The zero-order valence-corrected chi connectivity index (χ0v) is 18.5. The standard InChI is InChI=1S/C21H27F2N5O3S/c22-15-4-5-18(23)17(8-15)21-19(24)9-16(13-31-21)26-10-14-11-28(25-20(14)12-26)32(29,30)27-6-2-1-3-7-27/h4-5,8,11,16,19,21H,1-3,6-7,9-10,12-13,24H2/t16-,19+,21-/m1/s1. The summed E-state index contributed by atoms with van der Waals surface area (Å²) in [6.07, 6.45) is 4.25. The van der Waals surface area contributed by atoms with Crippen LogP contribution in [-0.2, 0) is 28.0 Å². The molecule has 3 atom stereocenters. The Morgan fingerprint density at radius 3 is 2.62 bits per heavy atom. The van der Waals surface area contributed by atoms with E-state index in [-0.39, 0.29) is 11.6 Å². The van der Waals surface area contributed by atoms with E-state index >= 15 is 0 Å². The fraction of sp³-hybridized carbons (Fsp3) is 0.571. The van der Waals surface area contributed by atoms with E-state index in [9.17, 15) is 17.2 Å². The van der Waals surface area contributed by atoms with Crippen molar-refractivity contribution in [1.29, 1.82) is 0 Å². The van der Waals surface area contributed by atoms with Crippen LogP contribution in [0.15, 0.2) is 24.4 Å². The van der Waals surface area contributed by atoms with E-state index in [4.69, 9.17) is 10.5 Å². The average molecular weight is 468 g/mol. The molecule has 2 N–H and O–H groups in total. The van der Waals surface area contributed by atoms with E-state index < -0.39 is 34.0 Å². The van der Waals surface area contributed by atoms with Crippen LogP contribution in [-0.4, -0.2) is 58.6 Å². The first-order valence-electron chi connectivity index (χ1n) is 11.0. The second kappa shape index (κ2) is 8.45. The van der Waals surface area contributed by atoms with E-state index in [0.717, 1.165) is 52.8 Å². The second-order valence-electron chi connectivity index (χ2n) is 8.82. The van der Waals surface area contributed by atoms with Crippen molar-refractivity contribution in [3.8, 4) is 0 Å². The number of benzene rings is 1. The van der Waals surface area contributed by atoms with Gasteiger partial charge in [-0.15, -0.1) is 0 Å². The van der Waals surface area contributed by atoms with Crippen molar-refractivity contribution in [3.05, 3.63) is 52.9 Å². The second-order valence-corrected chi connectivity index (χ2v) is 10.6. The molecule has 1 aromatic carbocycles. The van der Waals surface area contributed by atoms with E-state index in [0.29, 0.717) is 39.2 Å². The summed E-state index contributed by atoms with van der Waals surface area (Å²) in [5.74, 6) is -1.06. The maximum atomic E-state index is 14.2. The van der Waals surface area contributed by atoms with Crippen LogP contribution in [0.2, 0.25) is 0 Å². The summed E-state index contributed by atoms with van der Waals surface area (Å²) >= 11 is 0. The maximum Gasteiger partial charge on any atom is 0.322 e. The monoisotopic (exact) mass is 467 g/mol. The smallest absolute Gasteiger partial charge is 0.322 e. The molecule has 0 bridgehead atoms. The Morgan fingerprint density at radius 2 is 1.91 bits per heavy atom. The van der Waals surface area contributed by atoms with E-state index in [1.165, 1.54) is 4.31 Å². The van der Waals surface area contributed by atoms with Crippen molar-refractivity contribution in [2.45, 2.75) is 57.0 Å². The van der Waals surface area contributed by atoms with Crippen LogP contribution in [0.5, 0.6) is 0 Å². The number of fused-ring (bicyclic) bond motifs is 1. The van der Waals surface area contributed by atoms with Crippen LogP contribution in [0.25, 0.3) is 0 Å². The van der Waals surface area contributed by atoms with Gasteiger partial charge in [0, 0.05) is 55.6 Å². The van der Waals surface area contributed by atoms with E-state index in [1.807, 2.05) is 0 Å². The fourth-order valence-electron chi connectivity index (χ4n) is 4.89. The molecule has 0 spiro atoms. The summed E-state index contributed by atoms with van der Waals surface area (Å²) in [5, 5.41) is 4.37. The first-order chi connectivity index (χ1) is 15.3. The van der Waals surface area contributed by atoms with Gasteiger partial charge in [0.25, 0.3) is 0 Å². The molecule has 2 fully saturated rings. The summed E-state index contributed by atoms with van der Waals surface area (Å²) in [7, 11) is -3.63. The topological polar surface area (TPSA) is 93.7 Å². The number of nitrogens with two attached hydrogens (primary N) is 1. The predicted molar refractivity (Wildman–Crippen MR) is 113 cm³/mol. The molecule has 0 aliphatic carbocycles. The van der Waals surface area contributed by atoms with Crippen molar-refractivity contribution in [2.24, 2.45) is 5.73 Å². The van der Waals surface area contributed by atoms with Crippen molar-refractivity contribution in [3.63, 3.8) is 0 Å². The fourth-order valence-corrected chi connectivity index (χ4v) is 6.31. The molecular formula is C21H27F2N5O3S. The molecule has 0 radical (unpaired) electrons. The van der Waals surface area contributed by atoms with Gasteiger partial charge in [0.1, 0.15) is 17.7 Å². The van der Waals surface area contributed by atoms with Gasteiger partial charge < -0.3 is 10.5 Å². The number of halogens is 2. The summed E-state index contributed by atoms with van der Waals surface area (Å²) in [4.78, 5) is 2.15. The van der Waals surface area contributed by atoms with Crippen LogP contribution >= 0.6 is 0 Å². The minimum atomic E-state index is -3.63. The SMILES string of the molecule is N[C@H]1C[C@@H](N2Cc3cn(S(=O)(=O)N4CCCCC4)nc3C2)CO[C@@H]1c1cc(F)ccc1F. The predicted octanol–water partition coefficient (Wildman–Crippen LogP) is 1.91. The van der Waals surface area contributed by atoms with Gasteiger partial charge in [-0.1, -0.05) is 6.42 Å². The lowest BCUT2D eigenvalue weighted by molar-refractivity contribution is -0.0533. The molecule has 5 rings (SSSR count). The molecule has 0 saturated carbocycles. The quantitative estimate of drug-likeness (QED) is 0.739. The molecule has 11 heteroatoms. The highest BCUT2D eigenvalue weighted by molar-refractivity contribution is 7.87. The third kappa shape index (κ3) is 3.96. The number of hydrogen-bond acceptors (Lipinski definition) is 6. The van der Waals surface area contributed by atoms with Crippen molar-refractivity contribution in [1.82, 2.24) is 18.4 Å². The average Bonchev–Trinajstić information content (AvgIpc) is 3.36. The molecule has 0 amide bonds. The number of nitrogens with zero attached hydrogens (tertiary/aromatic N) is 4. The summed E-state index contributed by atoms with van der Waals surface area (Å²) < 4.78 is 61.9. The van der Waals surface area contributed by atoms with Crippen LogP contribution < -0.4 is 5.73 Å². The highest BCUT2D eigenvalue weighted by Gasteiger charge is 2.38. The number of ether oxygens (including phenoxy) is 1. The molecule has 2 saturated heterocycles. The number of rotatable bonds is 4. The lowest BCUT2D eigenvalue weighted by atomic mass is 9.93. The van der Waals surface area contributed by atoms with Gasteiger partial charge in [0.05, 0.1) is 12.3 Å². The van der Waals surface area contributed by atoms with Crippen LogP contribution in [0.1, 0.15) is 48.6 Å². The largest absolute Gasteiger partial charge is 0.370 e. The Bertz CT molecular complexity index is 1080. The van der Waals surface area contributed by atoms with Gasteiger partial charge in [0.2, 0.25) is 0 Å². The maximum absolute atomic E-state index is 14.2. The molecule has 4 heterocycles. The minimum absolute atomic E-state index is 0.0146. The normalized spacial score (nSPS) is 27.5. The Balaban J connectivity index is 1.24. The summed E-state index contributed by atoms with van der Waals surface area (Å²) in [5.41, 5.74) is 8.03. The molecule has 32 heavy (non-hydrogen) atoms. The first-order valence-corrected chi connectivity index (χ1v) is 12.4. The lowest BCUT2D eigenvalue weighted by Crippen LogP contribution is -2.48. The molecular weight excluding hydrogens is 440 g/mol. The Morgan fingerprint density at radius 1 is 1.12 bits per heavy atom. The lowest BCUT2D eigenvalue weighted by Gasteiger charge is -2.38. The van der Waals surface area contributed by atoms with Gasteiger partial charge in [0.15, 0.2) is 0 Å². The number of piperidine rings is 1. The van der Waals surface area contributed by atoms with Crippen molar-refractivity contribution < 1.29 is 21.9 Å². The van der Waals surface area contributed by atoms with Gasteiger partial charge in [-0.3, -0.25) is 4.90 Å². The van der Waals surface area contributed by atoms with Crippen LogP contribution in [0.4, 0.5) is 8.78 Å². The molecule has 1 aromatic heterocycles. The zero-order valence-electron chi connectivity index (χ0n) is 17.7. The Kier molecular flexibility index (Phi) is 5.79. The molecule has 0 unspecified atom stereocenters. The number of hydrogen-bond donors (Lipinski definition) is 1.